The summed E-state index contributed by atoms with van der Waals surface area (Å²) in [6.45, 7) is 3.57. The number of nitrogens with zero attached hydrogens (tertiary/aromatic N) is 2. The molecule has 0 bridgehead atoms. The standard InChI is InChI=1S/C24H31N3O4/c1-30-21-9-10-22(31-2)20(16-21)8-11-24(29)27-14-12-26(13-15-27)18-23(28)25-17-19-6-4-3-5-7-19/h3-7,9-10,16H,8,11-15,17-18H2,1-2H3,(H,25,28). The SMILES string of the molecule is COc1ccc(OC)c(CCC(=O)N2CCN(CC(=O)NCc3ccccc3)CC2)c1. The minimum absolute atomic E-state index is 0.00810. The van der Waals surface area contributed by atoms with Crippen molar-refractivity contribution in [3.8, 4) is 11.5 Å². The largest absolute Gasteiger partial charge is 0.497 e. The highest BCUT2D eigenvalue weighted by Gasteiger charge is 2.22. The van der Waals surface area contributed by atoms with E-state index in [1.165, 1.54) is 0 Å². The lowest BCUT2D eigenvalue weighted by atomic mass is 10.1. The van der Waals surface area contributed by atoms with E-state index in [1.807, 2.05) is 53.4 Å². The first-order chi connectivity index (χ1) is 15.1. The minimum atomic E-state index is 0.00810. The molecule has 0 saturated carbocycles. The maximum absolute atomic E-state index is 12.7. The maximum atomic E-state index is 12.7. The first-order valence-electron chi connectivity index (χ1n) is 10.6. The van der Waals surface area contributed by atoms with Crippen molar-refractivity contribution >= 4 is 11.8 Å². The molecule has 31 heavy (non-hydrogen) atoms. The lowest BCUT2D eigenvalue weighted by molar-refractivity contribution is -0.133. The van der Waals surface area contributed by atoms with Crippen molar-refractivity contribution in [2.24, 2.45) is 0 Å². The molecule has 166 valence electrons. The molecule has 1 heterocycles. The number of carbonyl (C=O) groups is 2. The van der Waals surface area contributed by atoms with Crippen molar-refractivity contribution in [1.29, 1.82) is 0 Å². The monoisotopic (exact) mass is 425 g/mol. The van der Waals surface area contributed by atoms with Crippen LogP contribution in [0.4, 0.5) is 0 Å². The zero-order chi connectivity index (χ0) is 22.1. The predicted octanol–water partition coefficient (Wildman–Crippen LogP) is 2.10. The number of benzene rings is 2. The Balaban J connectivity index is 1.40. The van der Waals surface area contributed by atoms with Gasteiger partial charge < -0.3 is 19.7 Å². The van der Waals surface area contributed by atoms with E-state index >= 15 is 0 Å². The molecule has 1 N–H and O–H groups in total. The third-order valence-corrected chi connectivity index (χ3v) is 5.52. The molecule has 0 atom stereocenters. The summed E-state index contributed by atoms with van der Waals surface area (Å²) in [6.07, 6.45) is 1.02. The first kappa shape index (κ1) is 22.6. The molecule has 7 nitrogen and oxygen atoms in total. The molecule has 3 rings (SSSR count). The van der Waals surface area contributed by atoms with Crippen LogP contribution in [0.2, 0.25) is 0 Å². The van der Waals surface area contributed by atoms with Crippen LogP contribution in [0.5, 0.6) is 11.5 Å². The average Bonchev–Trinajstić information content (AvgIpc) is 2.82. The summed E-state index contributed by atoms with van der Waals surface area (Å²) in [5, 5.41) is 2.96. The number of rotatable bonds is 9. The summed E-state index contributed by atoms with van der Waals surface area (Å²) < 4.78 is 10.7. The van der Waals surface area contributed by atoms with Crippen LogP contribution in [0.15, 0.2) is 48.5 Å². The number of carbonyl (C=O) groups excluding carboxylic acids is 2. The van der Waals surface area contributed by atoms with Gasteiger partial charge in [0.25, 0.3) is 0 Å². The Hall–Kier alpha value is -3.06. The van der Waals surface area contributed by atoms with Crippen LogP contribution in [0.1, 0.15) is 17.5 Å². The molecular formula is C24H31N3O4. The molecule has 0 spiro atoms. The van der Waals surface area contributed by atoms with E-state index in [9.17, 15) is 9.59 Å². The fourth-order valence-electron chi connectivity index (χ4n) is 3.69. The Morgan fingerprint density at radius 2 is 1.71 bits per heavy atom. The molecule has 1 aliphatic rings. The summed E-state index contributed by atoms with van der Waals surface area (Å²) in [7, 11) is 3.25. The van der Waals surface area contributed by atoms with E-state index in [-0.39, 0.29) is 11.8 Å². The Kier molecular flexibility index (Phi) is 8.29. The Bertz CT molecular complexity index is 864. The molecule has 0 radical (unpaired) electrons. The van der Waals surface area contributed by atoms with Gasteiger partial charge in [-0.1, -0.05) is 30.3 Å². The second kappa shape index (κ2) is 11.4. The molecule has 0 aliphatic carbocycles. The minimum Gasteiger partial charge on any atom is -0.497 e. The van der Waals surface area contributed by atoms with Gasteiger partial charge in [0.15, 0.2) is 0 Å². The van der Waals surface area contributed by atoms with Gasteiger partial charge in [-0.05, 0) is 35.7 Å². The molecule has 2 amide bonds. The highest BCUT2D eigenvalue weighted by atomic mass is 16.5. The maximum Gasteiger partial charge on any atom is 0.234 e. The highest BCUT2D eigenvalue weighted by Crippen LogP contribution is 2.25. The summed E-state index contributed by atoms with van der Waals surface area (Å²) in [5.41, 5.74) is 2.04. The molecule has 2 aromatic carbocycles. The first-order valence-corrected chi connectivity index (χ1v) is 10.6. The van der Waals surface area contributed by atoms with Gasteiger partial charge in [0.05, 0.1) is 20.8 Å². The second-order valence-corrected chi connectivity index (χ2v) is 7.60. The second-order valence-electron chi connectivity index (χ2n) is 7.60. The van der Waals surface area contributed by atoms with E-state index in [0.717, 1.165) is 22.6 Å². The van der Waals surface area contributed by atoms with Crippen LogP contribution in [0.3, 0.4) is 0 Å². The smallest absolute Gasteiger partial charge is 0.234 e. The van der Waals surface area contributed by atoms with Gasteiger partial charge >= 0.3 is 0 Å². The van der Waals surface area contributed by atoms with Crippen LogP contribution in [0, 0.1) is 0 Å². The Morgan fingerprint density at radius 3 is 2.39 bits per heavy atom. The number of methoxy groups -OCH3 is 2. The highest BCUT2D eigenvalue weighted by molar-refractivity contribution is 5.78. The van der Waals surface area contributed by atoms with Gasteiger partial charge in [-0.2, -0.15) is 0 Å². The van der Waals surface area contributed by atoms with E-state index < -0.39 is 0 Å². The summed E-state index contributed by atoms with van der Waals surface area (Å²) >= 11 is 0. The zero-order valence-electron chi connectivity index (χ0n) is 18.3. The van der Waals surface area contributed by atoms with E-state index in [1.54, 1.807) is 14.2 Å². The molecular weight excluding hydrogens is 394 g/mol. The Labute approximate surface area is 183 Å². The normalized spacial score (nSPS) is 14.2. The Morgan fingerprint density at radius 1 is 0.968 bits per heavy atom. The van der Waals surface area contributed by atoms with Crippen molar-refractivity contribution in [2.75, 3.05) is 46.9 Å². The average molecular weight is 426 g/mol. The van der Waals surface area contributed by atoms with Gasteiger partial charge in [0, 0.05) is 39.1 Å². The molecule has 0 unspecified atom stereocenters. The van der Waals surface area contributed by atoms with Crippen LogP contribution in [-0.4, -0.2) is 68.6 Å². The van der Waals surface area contributed by atoms with Gasteiger partial charge in [0.2, 0.25) is 11.8 Å². The van der Waals surface area contributed by atoms with Crippen LogP contribution in [-0.2, 0) is 22.6 Å². The number of nitrogens with one attached hydrogen (secondary N) is 1. The lowest BCUT2D eigenvalue weighted by Gasteiger charge is -2.34. The fraction of sp³-hybridized carbons (Fsp3) is 0.417. The van der Waals surface area contributed by atoms with Crippen LogP contribution < -0.4 is 14.8 Å². The van der Waals surface area contributed by atoms with Gasteiger partial charge in [-0.25, -0.2) is 0 Å². The van der Waals surface area contributed by atoms with Gasteiger partial charge in [-0.3, -0.25) is 14.5 Å². The van der Waals surface area contributed by atoms with Crippen molar-refractivity contribution in [1.82, 2.24) is 15.1 Å². The molecule has 1 aliphatic heterocycles. The van der Waals surface area contributed by atoms with Crippen molar-refractivity contribution < 1.29 is 19.1 Å². The van der Waals surface area contributed by atoms with Crippen LogP contribution >= 0.6 is 0 Å². The molecule has 2 aromatic rings. The van der Waals surface area contributed by atoms with Crippen molar-refractivity contribution in [2.45, 2.75) is 19.4 Å². The fourth-order valence-corrected chi connectivity index (χ4v) is 3.69. The molecule has 1 fully saturated rings. The molecule has 0 aromatic heterocycles. The number of ether oxygens (including phenoxy) is 2. The summed E-state index contributed by atoms with van der Waals surface area (Å²) in [6, 6.07) is 15.5. The van der Waals surface area contributed by atoms with E-state index in [4.69, 9.17) is 9.47 Å². The number of amides is 2. The quantitative estimate of drug-likeness (QED) is 0.666. The predicted molar refractivity (Wildman–Crippen MR) is 119 cm³/mol. The lowest BCUT2D eigenvalue weighted by Crippen LogP contribution is -2.51. The van der Waals surface area contributed by atoms with Gasteiger partial charge in [0.1, 0.15) is 11.5 Å². The number of aryl methyl sites for hydroxylation is 1. The molecule has 7 heteroatoms. The van der Waals surface area contributed by atoms with Gasteiger partial charge in [-0.15, -0.1) is 0 Å². The third-order valence-electron chi connectivity index (χ3n) is 5.52. The summed E-state index contributed by atoms with van der Waals surface area (Å²) in [5.74, 6) is 1.65. The zero-order valence-corrected chi connectivity index (χ0v) is 18.3. The topological polar surface area (TPSA) is 71.1 Å². The van der Waals surface area contributed by atoms with E-state index in [0.29, 0.717) is 52.1 Å². The van der Waals surface area contributed by atoms with Crippen molar-refractivity contribution in [3.05, 3.63) is 59.7 Å². The number of piperazine rings is 1. The van der Waals surface area contributed by atoms with Crippen molar-refractivity contribution in [3.63, 3.8) is 0 Å². The third kappa shape index (κ3) is 6.72. The number of hydrogen-bond acceptors (Lipinski definition) is 5. The summed E-state index contributed by atoms with van der Waals surface area (Å²) in [4.78, 5) is 28.9. The molecule has 1 saturated heterocycles. The number of hydrogen-bond donors (Lipinski definition) is 1. The van der Waals surface area contributed by atoms with E-state index in [2.05, 4.69) is 10.2 Å². The van der Waals surface area contributed by atoms with Crippen LogP contribution in [0.25, 0.3) is 0 Å².